The van der Waals surface area contributed by atoms with Crippen LogP contribution in [0.4, 0.5) is 0 Å². The van der Waals surface area contributed by atoms with Crippen molar-refractivity contribution in [2.75, 3.05) is 0 Å². The number of hydrogen-bond donors (Lipinski definition) is 2. The topological polar surface area (TPSA) is 66.4 Å². The van der Waals surface area contributed by atoms with Crippen LogP contribution < -0.4 is 5.32 Å². The fraction of sp³-hybridized carbons (Fsp3) is 0.538. The van der Waals surface area contributed by atoms with Crippen molar-refractivity contribution in [3.8, 4) is 0 Å². The third-order valence-corrected chi connectivity index (χ3v) is 4.70. The van der Waals surface area contributed by atoms with Gasteiger partial charge in [-0.15, -0.1) is 11.3 Å². The Hall–Kier alpha value is -1.07. The van der Waals surface area contributed by atoms with Crippen molar-refractivity contribution in [1.82, 2.24) is 5.32 Å². The SMILES string of the molecule is O=C(CCc1ccc(Cl)s1)N[C@H]1CCC[C@H]1C(=O)O. The zero-order valence-electron chi connectivity index (χ0n) is 10.4. The van der Waals surface area contributed by atoms with Crippen LogP contribution in [0.25, 0.3) is 0 Å². The Bertz CT molecular complexity index is 474. The molecule has 2 atom stereocenters. The van der Waals surface area contributed by atoms with E-state index in [1.54, 1.807) is 0 Å². The Morgan fingerprint density at radius 3 is 2.84 bits per heavy atom. The number of thiophene rings is 1. The number of aryl methyl sites for hydroxylation is 1. The van der Waals surface area contributed by atoms with Crippen molar-refractivity contribution in [1.29, 1.82) is 0 Å². The van der Waals surface area contributed by atoms with Gasteiger partial charge in [0.05, 0.1) is 10.3 Å². The molecule has 1 heterocycles. The summed E-state index contributed by atoms with van der Waals surface area (Å²) in [5.41, 5.74) is 0. The summed E-state index contributed by atoms with van der Waals surface area (Å²) < 4.78 is 0.720. The molecule has 0 aliphatic heterocycles. The zero-order chi connectivity index (χ0) is 13.8. The highest BCUT2D eigenvalue weighted by atomic mass is 35.5. The highest BCUT2D eigenvalue weighted by molar-refractivity contribution is 7.16. The summed E-state index contributed by atoms with van der Waals surface area (Å²) in [5.74, 6) is -1.32. The van der Waals surface area contributed by atoms with Crippen LogP contribution >= 0.6 is 22.9 Å². The molecule has 1 amide bonds. The summed E-state index contributed by atoms with van der Waals surface area (Å²) in [6.45, 7) is 0. The first-order valence-corrected chi connectivity index (χ1v) is 7.52. The maximum absolute atomic E-state index is 11.8. The molecular formula is C13H16ClNO3S. The molecule has 104 valence electrons. The van der Waals surface area contributed by atoms with Crippen LogP contribution in [0.2, 0.25) is 4.34 Å². The van der Waals surface area contributed by atoms with Gasteiger partial charge in [-0.05, 0) is 31.4 Å². The summed E-state index contributed by atoms with van der Waals surface area (Å²) >= 11 is 7.29. The van der Waals surface area contributed by atoms with E-state index in [0.29, 0.717) is 19.3 Å². The largest absolute Gasteiger partial charge is 0.481 e. The summed E-state index contributed by atoms with van der Waals surface area (Å²) in [4.78, 5) is 23.9. The Morgan fingerprint density at radius 1 is 1.42 bits per heavy atom. The number of halogens is 1. The second kappa shape index (κ2) is 6.39. The van der Waals surface area contributed by atoms with Crippen LogP contribution in [0.5, 0.6) is 0 Å². The molecular weight excluding hydrogens is 286 g/mol. The fourth-order valence-corrected chi connectivity index (χ4v) is 3.52. The van der Waals surface area contributed by atoms with E-state index in [2.05, 4.69) is 5.32 Å². The number of carbonyl (C=O) groups is 2. The van der Waals surface area contributed by atoms with Gasteiger partial charge in [0.1, 0.15) is 0 Å². The van der Waals surface area contributed by atoms with Crippen LogP contribution in [-0.2, 0) is 16.0 Å². The van der Waals surface area contributed by atoms with Gasteiger partial charge in [0.25, 0.3) is 0 Å². The molecule has 4 nitrogen and oxygen atoms in total. The fourth-order valence-electron chi connectivity index (χ4n) is 2.43. The van der Waals surface area contributed by atoms with E-state index in [1.807, 2.05) is 12.1 Å². The van der Waals surface area contributed by atoms with Gasteiger partial charge >= 0.3 is 5.97 Å². The van der Waals surface area contributed by atoms with Crippen LogP contribution in [0.3, 0.4) is 0 Å². The van der Waals surface area contributed by atoms with E-state index >= 15 is 0 Å². The number of hydrogen-bond acceptors (Lipinski definition) is 3. The van der Waals surface area contributed by atoms with Gasteiger partial charge in [0.2, 0.25) is 5.91 Å². The lowest BCUT2D eigenvalue weighted by Gasteiger charge is -2.17. The molecule has 0 radical (unpaired) electrons. The lowest BCUT2D eigenvalue weighted by atomic mass is 10.0. The maximum atomic E-state index is 11.8. The molecule has 1 aromatic heterocycles. The predicted octanol–water partition coefficient (Wildman–Crippen LogP) is 2.70. The first kappa shape index (κ1) is 14.3. The number of aliphatic carboxylic acids is 1. The summed E-state index contributed by atoms with van der Waals surface area (Å²) in [7, 11) is 0. The molecule has 1 aliphatic carbocycles. The van der Waals surface area contributed by atoms with Crippen molar-refractivity contribution in [2.45, 2.75) is 38.1 Å². The van der Waals surface area contributed by atoms with E-state index in [-0.39, 0.29) is 11.9 Å². The third-order valence-electron chi connectivity index (χ3n) is 3.41. The standard InChI is InChI=1S/C13H16ClNO3S/c14-11-6-4-8(19-11)5-7-12(16)15-10-3-1-2-9(10)13(17)18/h4,6,9-10H,1-3,5,7H2,(H,15,16)(H,17,18)/t9-,10+/m1/s1. The Labute approximate surface area is 120 Å². The smallest absolute Gasteiger partial charge is 0.308 e. The van der Waals surface area contributed by atoms with Crippen molar-refractivity contribution in [3.05, 3.63) is 21.3 Å². The number of rotatable bonds is 5. The number of carboxylic acids is 1. The van der Waals surface area contributed by atoms with Crippen LogP contribution in [0, 0.1) is 5.92 Å². The molecule has 0 unspecified atom stereocenters. The average molecular weight is 302 g/mol. The van der Waals surface area contributed by atoms with Gasteiger partial charge in [0, 0.05) is 17.3 Å². The first-order valence-electron chi connectivity index (χ1n) is 6.32. The molecule has 0 spiro atoms. The molecule has 1 saturated carbocycles. The molecule has 1 fully saturated rings. The van der Waals surface area contributed by atoms with E-state index in [0.717, 1.165) is 22.1 Å². The Balaban J connectivity index is 1.79. The van der Waals surface area contributed by atoms with Crippen molar-refractivity contribution in [2.24, 2.45) is 5.92 Å². The van der Waals surface area contributed by atoms with E-state index in [9.17, 15) is 9.59 Å². The second-order valence-electron chi connectivity index (χ2n) is 4.76. The lowest BCUT2D eigenvalue weighted by molar-refractivity contribution is -0.142. The van der Waals surface area contributed by atoms with Crippen molar-refractivity contribution in [3.63, 3.8) is 0 Å². The number of carbonyl (C=O) groups excluding carboxylic acids is 1. The Morgan fingerprint density at radius 2 is 2.21 bits per heavy atom. The molecule has 0 saturated heterocycles. The van der Waals surface area contributed by atoms with Gasteiger partial charge in [0.15, 0.2) is 0 Å². The minimum atomic E-state index is -0.812. The number of amides is 1. The molecule has 0 aromatic carbocycles. The third kappa shape index (κ3) is 3.94. The Kier molecular flexibility index (Phi) is 4.82. The molecule has 1 aliphatic rings. The zero-order valence-corrected chi connectivity index (χ0v) is 12.0. The van der Waals surface area contributed by atoms with Gasteiger partial charge in [-0.1, -0.05) is 18.0 Å². The van der Waals surface area contributed by atoms with Gasteiger partial charge in [-0.2, -0.15) is 0 Å². The van der Waals surface area contributed by atoms with Crippen LogP contribution in [0.15, 0.2) is 12.1 Å². The number of nitrogens with one attached hydrogen (secondary N) is 1. The normalized spacial score (nSPS) is 22.4. The maximum Gasteiger partial charge on any atom is 0.308 e. The minimum Gasteiger partial charge on any atom is -0.481 e. The van der Waals surface area contributed by atoms with E-state index in [1.165, 1.54) is 11.3 Å². The monoisotopic (exact) mass is 301 g/mol. The van der Waals surface area contributed by atoms with Crippen LogP contribution in [-0.4, -0.2) is 23.0 Å². The van der Waals surface area contributed by atoms with Gasteiger partial charge in [-0.3, -0.25) is 9.59 Å². The minimum absolute atomic E-state index is 0.0809. The molecule has 2 rings (SSSR count). The second-order valence-corrected chi connectivity index (χ2v) is 6.56. The summed E-state index contributed by atoms with van der Waals surface area (Å²) in [6.07, 6.45) is 3.30. The van der Waals surface area contributed by atoms with Crippen molar-refractivity contribution < 1.29 is 14.7 Å². The molecule has 6 heteroatoms. The van der Waals surface area contributed by atoms with Gasteiger partial charge in [-0.25, -0.2) is 0 Å². The predicted molar refractivity (Wildman–Crippen MR) is 74.6 cm³/mol. The lowest BCUT2D eigenvalue weighted by Crippen LogP contribution is -2.40. The van der Waals surface area contributed by atoms with Crippen LogP contribution in [0.1, 0.15) is 30.6 Å². The van der Waals surface area contributed by atoms with Crippen molar-refractivity contribution >= 4 is 34.8 Å². The highest BCUT2D eigenvalue weighted by Crippen LogP contribution is 2.26. The average Bonchev–Trinajstić information content (AvgIpc) is 2.95. The van der Waals surface area contributed by atoms with E-state index in [4.69, 9.17) is 16.7 Å². The van der Waals surface area contributed by atoms with Gasteiger partial charge < -0.3 is 10.4 Å². The molecule has 19 heavy (non-hydrogen) atoms. The summed E-state index contributed by atoms with van der Waals surface area (Å²) in [5, 5.41) is 11.9. The first-order chi connectivity index (χ1) is 9.06. The molecule has 2 N–H and O–H groups in total. The highest BCUT2D eigenvalue weighted by Gasteiger charge is 2.33. The molecule has 1 aromatic rings. The van der Waals surface area contributed by atoms with E-state index < -0.39 is 11.9 Å². The molecule has 0 bridgehead atoms. The number of carboxylic acid groups (broad SMARTS) is 1. The quantitative estimate of drug-likeness (QED) is 0.879. The summed E-state index contributed by atoms with van der Waals surface area (Å²) in [6, 6.07) is 3.52.